The number of ether oxygens (including phenoxy) is 1. The first-order chi connectivity index (χ1) is 18.8. The Hall–Kier alpha value is -2.35. The number of carbonyl (C=O) groups excluding carboxylic acids is 1. The Balaban J connectivity index is 1.52. The number of anilines is 1. The molecule has 1 aliphatic carbocycles. The predicted octanol–water partition coefficient (Wildman–Crippen LogP) is 5.79. The molecule has 2 aromatic carbocycles. The quantitative estimate of drug-likeness (QED) is 0.456. The van der Waals surface area contributed by atoms with Gasteiger partial charge in [-0.2, -0.15) is 0 Å². The lowest BCUT2D eigenvalue weighted by atomic mass is 9.70. The number of aryl methyl sites for hydroxylation is 1. The number of aliphatic hydroxyl groups is 1. The number of hydrogen-bond acceptors (Lipinski definition) is 5. The van der Waals surface area contributed by atoms with Crippen LogP contribution in [0.3, 0.4) is 0 Å². The topological polar surface area (TPSA) is 78.9 Å². The molecular weight excluding hydrogens is 532 g/mol. The van der Waals surface area contributed by atoms with E-state index >= 15 is 0 Å². The fraction of sp³-hybridized carbons (Fsp3) is 0.516. The van der Waals surface area contributed by atoms with E-state index in [1.807, 2.05) is 37.3 Å². The summed E-state index contributed by atoms with van der Waals surface area (Å²) in [5, 5.41) is 11.5. The van der Waals surface area contributed by atoms with Gasteiger partial charge in [-0.25, -0.2) is 4.21 Å². The summed E-state index contributed by atoms with van der Waals surface area (Å²) in [5.41, 5.74) is 3.84. The third-order valence-electron chi connectivity index (χ3n) is 8.51. The summed E-state index contributed by atoms with van der Waals surface area (Å²) >= 11 is 6.37. The van der Waals surface area contributed by atoms with E-state index in [1.54, 1.807) is 6.07 Å². The maximum absolute atomic E-state index is 13.1. The Bertz CT molecular complexity index is 1250. The lowest BCUT2D eigenvalue weighted by Gasteiger charge is -2.42. The van der Waals surface area contributed by atoms with Crippen LogP contribution >= 0.6 is 11.6 Å². The van der Waals surface area contributed by atoms with Crippen molar-refractivity contribution in [2.45, 2.75) is 69.6 Å². The molecule has 8 heteroatoms. The van der Waals surface area contributed by atoms with E-state index in [0.29, 0.717) is 30.9 Å². The number of hydrogen-bond donors (Lipinski definition) is 2. The van der Waals surface area contributed by atoms with Crippen molar-refractivity contribution >= 4 is 34.2 Å². The molecule has 210 valence electrons. The monoisotopic (exact) mass is 570 g/mol. The first-order valence-corrected chi connectivity index (χ1v) is 15.8. The second-order valence-electron chi connectivity index (χ2n) is 11.2. The summed E-state index contributed by atoms with van der Waals surface area (Å²) in [5.74, 6) is 1.06. The fourth-order valence-corrected chi connectivity index (χ4v) is 7.12. The number of benzene rings is 2. The molecule has 6 unspecified atom stereocenters. The number of halogens is 1. The van der Waals surface area contributed by atoms with Crippen molar-refractivity contribution in [3.63, 3.8) is 0 Å². The van der Waals surface area contributed by atoms with Gasteiger partial charge in [0, 0.05) is 29.6 Å². The molecule has 0 radical (unpaired) electrons. The molecule has 1 amide bonds. The second kappa shape index (κ2) is 12.4. The first-order valence-electron chi connectivity index (χ1n) is 14.2. The Morgan fingerprint density at radius 1 is 1.15 bits per heavy atom. The number of fused-ring (bicyclic) bond motifs is 2. The number of carbonyl (C=O) groups is 1. The number of nitrogens with one attached hydrogen (secondary N) is 1. The van der Waals surface area contributed by atoms with Crippen LogP contribution in [0.5, 0.6) is 5.75 Å². The van der Waals surface area contributed by atoms with Gasteiger partial charge in [0.05, 0.1) is 23.6 Å². The van der Waals surface area contributed by atoms with E-state index in [-0.39, 0.29) is 23.0 Å². The molecule has 2 heterocycles. The molecule has 2 aliphatic heterocycles. The number of nitrogens with zero attached hydrogens (tertiary/aromatic N) is 1. The van der Waals surface area contributed by atoms with Gasteiger partial charge in [-0.05, 0) is 92.3 Å². The highest BCUT2D eigenvalue weighted by Gasteiger charge is 2.38. The van der Waals surface area contributed by atoms with E-state index in [4.69, 9.17) is 16.3 Å². The van der Waals surface area contributed by atoms with E-state index in [2.05, 4.69) is 28.7 Å². The molecular formula is C31H39ClN2O4S. The van der Waals surface area contributed by atoms with Crippen molar-refractivity contribution < 1.29 is 18.8 Å². The Morgan fingerprint density at radius 2 is 2.00 bits per heavy atom. The van der Waals surface area contributed by atoms with Gasteiger partial charge in [-0.15, -0.1) is 0 Å². The highest BCUT2D eigenvalue weighted by molar-refractivity contribution is 7.84. The van der Waals surface area contributed by atoms with E-state index in [0.717, 1.165) is 55.2 Å². The molecule has 0 spiro atoms. The molecule has 1 fully saturated rings. The normalized spacial score (nSPS) is 30.3. The fourth-order valence-electron chi connectivity index (χ4n) is 6.08. The van der Waals surface area contributed by atoms with Crippen molar-refractivity contribution in [1.29, 1.82) is 0 Å². The van der Waals surface area contributed by atoms with Crippen molar-refractivity contribution in [3.8, 4) is 5.75 Å². The molecule has 3 aliphatic rings. The van der Waals surface area contributed by atoms with Gasteiger partial charge < -0.3 is 14.7 Å². The summed E-state index contributed by atoms with van der Waals surface area (Å²) in [6.07, 6.45) is 8.82. The average Bonchev–Trinajstić information content (AvgIpc) is 3.07. The lowest BCUT2D eigenvalue weighted by molar-refractivity contribution is 0.0461. The van der Waals surface area contributed by atoms with Crippen LogP contribution in [0.2, 0.25) is 5.02 Å². The standard InChI is InChI=1S/C31H39ClN2O4S/c1-3-6-21-15-25(32)11-13-26(21)24-18-34-17-23-9-12-27(23)29(35)8-5-4-7-20(2)39(37)33-31(36)22-10-14-30(38-19-24)28(34)16-22/h5,8,10-11,13-16,20,23-24,27,29,35H,3-4,6-7,9,12,17-19H2,1-2H3,(H,33,36)/b8-5+. The minimum atomic E-state index is -1.50. The third kappa shape index (κ3) is 6.36. The zero-order chi connectivity index (χ0) is 27.5. The smallest absolute Gasteiger partial charge is 0.263 e. The molecule has 39 heavy (non-hydrogen) atoms. The number of rotatable bonds is 3. The Kier molecular flexibility index (Phi) is 8.99. The van der Waals surface area contributed by atoms with Crippen LogP contribution in [-0.2, 0) is 17.4 Å². The van der Waals surface area contributed by atoms with Crippen LogP contribution in [0, 0.1) is 11.8 Å². The van der Waals surface area contributed by atoms with Crippen LogP contribution in [0.4, 0.5) is 5.69 Å². The maximum Gasteiger partial charge on any atom is 0.263 e. The largest absolute Gasteiger partial charge is 0.491 e. The SMILES string of the molecule is CCCc1cc(Cl)ccc1C1COc2ccc3cc2N(C1)CC1CCC1C(O)/C=C/CCC(C)S(=O)NC3=O. The maximum atomic E-state index is 13.1. The average molecular weight is 571 g/mol. The molecule has 5 rings (SSSR count). The molecule has 6 nitrogen and oxygen atoms in total. The van der Waals surface area contributed by atoms with Gasteiger partial charge in [0.25, 0.3) is 5.91 Å². The highest BCUT2D eigenvalue weighted by Crippen LogP contribution is 2.42. The van der Waals surface area contributed by atoms with Gasteiger partial charge in [0.1, 0.15) is 16.7 Å². The minimum absolute atomic E-state index is 0.121. The Labute approximate surface area is 239 Å². The highest BCUT2D eigenvalue weighted by atomic mass is 35.5. The van der Waals surface area contributed by atoms with Crippen molar-refractivity contribution in [2.75, 3.05) is 24.6 Å². The van der Waals surface area contributed by atoms with Crippen LogP contribution in [0.1, 0.15) is 73.4 Å². The molecule has 0 aromatic heterocycles. The van der Waals surface area contributed by atoms with Crippen molar-refractivity contribution in [1.82, 2.24) is 4.72 Å². The summed E-state index contributed by atoms with van der Waals surface area (Å²) in [4.78, 5) is 15.5. The minimum Gasteiger partial charge on any atom is -0.491 e. The van der Waals surface area contributed by atoms with E-state index in [9.17, 15) is 14.1 Å². The summed E-state index contributed by atoms with van der Waals surface area (Å²) in [6, 6.07) is 11.6. The van der Waals surface area contributed by atoms with Gasteiger partial charge in [0.15, 0.2) is 0 Å². The summed E-state index contributed by atoms with van der Waals surface area (Å²) < 4.78 is 21.9. The van der Waals surface area contributed by atoms with E-state index in [1.165, 1.54) is 11.1 Å². The summed E-state index contributed by atoms with van der Waals surface area (Å²) in [7, 11) is -1.50. The number of amides is 1. The number of allylic oxidation sites excluding steroid dienone is 1. The number of aliphatic hydroxyl groups excluding tert-OH is 1. The van der Waals surface area contributed by atoms with Gasteiger partial charge in [0.2, 0.25) is 0 Å². The van der Waals surface area contributed by atoms with Crippen molar-refractivity contribution in [3.05, 3.63) is 70.3 Å². The van der Waals surface area contributed by atoms with Gasteiger partial charge >= 0.3 is 0 Å². The second-order valence-corrected chi connectivity index (χ2v) is 13.3. The van der Waals surface area contributed by atoms with Crippen molar-refractivity contribution in [2.24, 2.45) is 11.8 Å². The van der Waals surface area contributed by atoms with Gasteiger partial charge in [-0.3, -0.25) is 9.52 Å². The zero-order valence-electron chi connectivity index (χ0n) is 22.8. The van der Waals surface area contributed by atoms with Crippen LogP contribution in [-0.4, -0.2) is 46.3 Å². The lowest BCUT2D eigenvalue weighted by Crippen LogP contribution is -2.44. The zero-order valence-corrected chi connectivity index (χ0v) is 24.3. The molecule has 1 saturated carbocycles. The van der Waals surface area contributed by atoms with Crippen LogP contribution in [0.25, 0.3) is 0 Å². The van der Waals surface area contributed by atoms with Crippen LogP contribution in [0.15, 0.2) is 48.6 Å². The molecule has 2 bridgehead atoms. The summed E-state index contributed by atoms with van der Waals surface area (Å²) in [6.45, 7) is 6.07. The third-order valence-corrected chi connectivity index (χ3v) is 10.1. The molecule has 2 aromatic rings. The first kappa shape index (κ1) is 28.2. The van der Waals surface area contributed by atoms with Gasteiger partial charge in [-0.1, -0.05) is 43.2 Å². The molecule has 2 N–H and O–H groups in total. The molecule has 6 atom stereocenters. The predicted molar refractivity (Wildman–Crippen MR) is 158 cm³/mol. The van der Waals surface area contributed by atoms with Crippen LogP contribution < -0.4 is 14.4 Å². The molecule has 0 saturated heterocycles. The van der Waals surface area contributed by atoms with E-state index < -0.39 is 17.1 Å². The Morgan fingerprint density at radius 3 is 2.77 bits per heavy atom.